The lowest BCUT2D eigenvalue weighted by Crippen LogP contribution is -2.43. The Morgan fingerprint density at radius 2 is 2.00 bits per heavy atom. The van der Waals surface area contributed by atoms with Crippen molar-refractivity contribution in [2.24, 2.45) is 5.92 Å². The molecule has 9 heteroatoms. The quantitative estimate of drug-likeness (QED) is 0.593. The van der Waals surface area contributed by atoms with E-state index in [0.717, 1.165) is 39.5 Å². The first kappa shape index (κ1) is 24.5. The van der Waals surface area contributed by atoms with E-state index in [1.807, 2.05) is 30.9 Å². The smallest absolute Gasteiger partial charge is 0.253 e. The van der Waals surface area contributed by atoms with E-state index < -0.39 is 0 Å². The van der Waals surface area contributed by atoms with Crippen molar-refractivity contribution in [3.63, 3.8) is 0 Å². The number of thiazole rings is 1. The molecule has 1 N–H and O–H groups in total. The topological polar surface area (TPSA) is 82.6 Å². The number of nitrogens with one attached hydrogen (secondary N) is 1. The number of carbonyl (C=O) groups is 3. The Balaban J connectivity index is 1.49. The normalized spacial score (nSPS) is 18.4. The number of nitrogens with zero attached hydrogens (tertiary/aromatic N) is 3. The molecule has 3 amide bonds. The molecular weight excluding hydrogens is 468 g/mol. The average molecular weight is 499 g/mol. The van der Waals surface area contributed by atoms with Crippen molar-refractivity contribution in [1.29, 1.82) is 0 Å². The lowest BCUT2D eigenvalue weighted by atomic mass is 10.0. The second kappa shape index (κ2) is 10.3. The van der Waals surface area contributed by atoms with Crippen LogP contribution in [0.3, 0.4) is 0 Å². The highest BCUT2D eigenvalue weighted by Crippen LogP contribution is 2.38. The summed E-state index contributed by atoms with van der Waals surface area (Å²) in [6.07, 6.45) is 5.75. The maximum atomic E-state index is 13.4. The van der Waals surface area contributed by atoms with Crippen LogP contribution in [-0.4, -0.2) is 58.2 Å². The summed E-state index contributed by atoms with van der Waals surface area (Å²) in [7, 11) is 0. The van der Waals surface area contributed by atoms with Gasteiger partial charge in [0.05, 0.1) is 10.4 Å². The van der Waals surface area contributed by atoms with Gasteiger partial charge >= 0.3 is 0 Å². The second-order valence-corrected chi connectivity index (χ2v) is 11.3. The molecule has 1 unspecified atom stereocenters. The molecule has 1 aliphatic heterocycles. The molecule has 2 heterocycles. The van der Waals surface area contributed by atoms with E-state index in [-0.39, 0.29) is 29.7 Å². The van der Waals surface area contributed by atoms with Gasteiger partial charge in [0.2, 0.25) is 11.8 Å². The van der Waals surface area contributed by atoms with Crippen LogP contribution in [0.5, 0.6) is 0 Å². The zero-order valence-electron chi connectivity index (χ0n) is 19.8. The van der Waals surface area contributed by atoms with Gasteiger partial charge in [-0.1, -0.05) is 29.7 Å². The summed E-state index contributed by atoms with van der Waals surface area (Å²) in [5, 5.41) is 3.50. The molecule has 7 nitrogen and oxygen atoms in total. The lowest BCUT2D eigenvalue weighted by Gasteiger charge is -2.28. The first-order chi connectivity index (χ1) is 16.3. The van der Waals surface area contributed by atoms with E-state index in [9.17, 15) is 14.4 Å². The van der Waals surface area contributed by atoms with Gasteiger partial charge in [-0.05, 0) is 69.4 Å². The minimum absolute atomic E-state index is 0.0219. The Bertz CT molecular complexity index is 1130. The average Bonchev–Trinajstić information content (AvgIpc) is 3.61. The number of benzene rings is 1. The number of aromatic nitrogens is 1. The molecule has 2 aromatic rings. The van der Waals surface area contributed by atoms with Crippen LogP contribution < -0.4 is 5.32 Å². The van der Waals surface area contributed by atoms with Crippen LogP contribution in [0.4, 0.5) is 5.13 Å². The molecule has 1 saturated carbocycles. The number of hydrogen-bond acceptors (Lipinski definition) is 6. The Labute approximate surface area is 208 Å². The van der Waals surface area contributed by atoms with Crippen molar-refractivity contribution in [2.75, 3.05) is 25.0 Å². The van der Waals surface area contributed by atoms with Gasteiger partial charge in [-0.3, -0.25) is 14.4 Å². The van der Waals surface area contributed by atoms with Crippen molar-refractivity contribution in [3.8, 4) is 0 Å². The van der Waals surface area contributed by atoms with Crippen molar-refractivity contribution < 1.29 is 14.4 Å². The lowest BCUT2D eigenvalue weighted by molar-refractivity contribution is -0.127. The van der Waals surface area contributed by atoms with Gasteiger partial charge in [0.1, 0.15) is 0 Å². The molecule has 2 fully saturated rings. The molecule has 0 radical (unpaired) electrons. The third kappa shape index (κ3) is 5.52. The van der Waals surface area contributed by atoms with E-state index >= 15 is 0 Å². The third-order valence-electron chi connectivity index (χ3n) is 6.33. The first-order valence-corrected chi connectivity index (χ1v) is 13.2. The third-order valence-corrected chi connectivity index (χ3v) is 8.49. The summed E-state index contributed by atoms with van der Waals surface area (Å²) in [5.74, 6) is 0.0668. The maximum absolute atomic E-state index is 13.4. The number of rotatable bonds is 6. The fraction of sp³-hybridized carbons (Fsp3) is 0.440. The van der Waals surface area contributed by atoms with Gasteiger partial charge in [-0.2, -0.15) is 0 Å². The van der Waals surface area contributed by atoms with Gasteiger partial charge < -0.3 is 15.1 Å². The number of amides is 3. The highest BCUT2D eigenvalue weighted by molar-refractivity contribution is 8.01. The van der Waals surface area contributed by atoms with E-state index in [4.69, 9.17) is 0 Å². The molecule has 1 atom stereocenters. The second-order valence-electron chi connectivity index (χ2n) is 8.96. The molecule has 1 aromatic carbocycles. The molecule has 180 valence electrons. The number of hydrogen-bond donors (Lipinski definition) is 1. The predicted octanol–water partition coefficient (Wildman–Crippen LogP) is 4.51. The van der Waals surface area contributed by atoms with Crippen molar-refractivity contribution >= 4 is 46.0 Å². The summed E-state index contributed by atoms with van der Waals surface area (Å²) >= 11 is 3.01. The first-order valence-electron chi connectivity index (χ1n) is 11.5. The molecule has 4 rings (SSSR count). The summed E-state index contributed by atoms with van der Waals surface area (Å²) in [5.41, 5.74) is 2.81. The van der Waals surface area contributed by atoms with E-state index in [2.05, 4.69) is 23.8 Å². The highest BCUT2D eigenvalue weighted by atomic mass is 32.2. The molecule has 1 aromatic heterocycles. The Morgan fingerprint density at radius 1 is 1.24 bits per heavy atom. The van der Waals surface area contributed by atoms with Crippen LogP contribution >= 0.6 is 23.1 Å². The summed E-state index contributed by atoms with van der Waals surface area (Å²) < 4.78 is 0.958. The van der Waals surface area contributed by atoms with Crippen LogP contribution in [0.2, 0.25) is 0 Å². The summed E-state index contributed by atoms with van der Waals surface area (Å²) in [6, 6.07) is 3.82. The van der Waals surface area contributed by atoms with Gasteiger partial charge in [0.25, 0.3) is 5.91 Å². The van der Waals surface area contributed by atoms with Crippen LogP contribution in [0, 0.1) is 19.8 Å². The van der Waals surface area contributed by atoms with E-state index in [1.54, 1.807) is 22.9 Å². The highest BCUT2D eigenvalue weighted by Gasteiger charge is 2.30. The van der Waals surface area contributed by atoms with E-state index in [1.165, 1.54) is 17.4 Å². The predicted molar refractivity (Wildman–Crippen MR) is 135 cm³/mol. The Hall–Kier alpha value is -2.65. The van der Waals surface area contributed by atoms with Crippen LogP contribution in [0.25, 0.3) is 0 Å². The van der Waals surface area contributed by atoms with Crippen molar-refractivity contribution in [1.82, 2.24) is 14.8 Å². The largest absolute Gasteiger partial charge is 0.337 e. The SMILES string of the molecule is C=CC(=O)N1CCCN(C(=O)c2cc(C)c(C)c(Sc3cnc(NC(=O)C4CC4)s3)c2)CC1C. The maximum Gasteiger partial charge on any atom is 0.253 e. The van der Waals surface area contributed by atoms with Gasteiger partial charge in [0, 0.05) is 42.1 Å². The van der Waals surface area contributed by atoms with Gasteiger partial charge in [-0.15, -0.1) is 0 Å². The van der Waals surface area contributed by atoms with Crippen molar-refractivity contribution in [2.45, 2.75) is 55.2 Å². The Morgan fingerprint density at radius 3 is 2.71 bits per heavy atom. The molecule has 0 bridgehead atoms. The fourth-order valence-corrected chi connectivity index (χ4v) is 6.10. The summed E-state index contributed by atoms with van der Waals surface area (Å²) in [6.45, 7) is 11.3. The minimum atomic E-state index is -0.0936. The van der Waals surface area contributed by atoms with Crippen LogP contribution in [0.15, 0.2) is 40.1 Å². The molecule has 1 saturated heterocycles. The molecule has 0 spiro atoms. The van der Waals surface area contributed by atoms with E-state index in [0.29, 0.717) is 30.3 Å². The van der Waals surface area contributed by atoms with Crippen LogP contribution in [0.1, 0.15) is 47.7 Å². The van der Waals surface area contributed by atoms with Crippen LogP contribution in [-0.2, 0) is 9.59 Å². The Kier molecular flexibility index (Phi) is 7.42. The number of aryl methyl sites for hydroxylation is 1. The number of anilines is 1. The molecule has 34 heavy (non-hydrogen) atoms. The zero-order valence-corrected chi connectivity index (χ0v) is 21.4. The monoisotopic (exact) mass is 498 g/mol. The summed E-state index contributed by atoms with van der Waals surface area (Å²) in [4.78, 5) is 46.6. The number of carbonyl (C=O) groups excluding carboxylic acids is 3. The standard InChI is InChI=1S/C25H30N4O3S2/c1-5-21(30)29-10-6-9-28(14-16(29)3)24(32)19-11-15(2)17(4)20(12-19)33-22-13-26-25(34-22)27-23(31)18-7-8-18/h5,11-13,16,18H,1,6-10,14H2,2-4H3,(H,26,27,31). The fourth-order valence-electron chi connectivity index (χ4n) is 4.05. The van der Waals surface area contributed by atoms with Gasteiger partial charge in [-0.25, -0.2) is 4.98 Å². The zero-order chi connectivity index (χ0) is 24.4. The minimum Gasteiger partial charge on any atom is -0.337 e. The molecular formula is C25H30N4O3S2. The molecule has 2 aliphatic rings. The van der Waals surface area contributed by atoms with Gasteiger partial charge in [0.15, 0.2) is 5.13 Å². The van der Waals surface area contributed by atoms with Crippen molar-refractivity contribution in [3.05, 3.63) is 47.7 Å². The molecule has 1 aliphatic carbocycles.